The largest absolute Gasteiger partial charge is 0.357 e. The van der Waals surface area contributed by atoms with Crippen LogP contribution in [0, 0.1) is 5.82 Å². The fraction of sp³-hybridized carbons (Fsp3) is 0.286. The SMILES string of the molecule is CCCC(NC(=O)c1cccc(-c2cc(C(C)=O)ccc2F)c1)C(=O)NC. The fourth-order valence-electron chi connectivity index (χ4n) is 2.77. The first-order valence-corrected chi connectivity index (χ1v) is 8.80. The monoisotopic (exact) mass is 370 g/mol. The maximum Gasteiger partial charge on any atom is 0.251 e. The van der Waals surface area contributed by atoms with E-state index in [4.69, 9.17) is 0 Å². The molecular formula is C21H23FN2O3. The summed E-state index contributed by atoms with van der Waals surface area (Å²) in [6, 6.07) is 9.95. The third-order valence-corrected chi connectivity index (χ3v) is 4.25. The van der Waals surface area contributed by atoms with Gasteiger partial charge in [-0.3, -0.25) is 14.4 Å². The molecule has 5 nitrogen and oxygen atoms in total. The highest BCUT2D eigenvalue weighted by atomic mass is 19.1. The molecule has 0 aliphatic rings. The molecule has 1 unspecified atom stereocenters. The van der Waals surface area contributed by atoms with Crippen molar-refractivity contribution in [1.82, 2.24) is 10.6 Å². The number of rotatable bonds is 7. The van der Waals surface area contributed by atoms with Crippen molar-refractivity contribution in [2.75, 3.05) is 7.05 Å². The lowest BCUT2D eigenvalue weighted by Crippen LogP contribution is -2.45. The summed E-state index contributed by atoms with van der Waals surface area (Å²) in [6.07, 6.45) is 1.25. The molecular weight excluding hydrogens is 347 g/mol. The Morgan fingerprint density at radius 2 is 1.81 bits per heavy atom. The van der Waals surface area contributed by atoms with E-state index in [1.54, 1.807) is 24.3 Å². The summed E-state index contributed by atoms with van der Waals surface area (Å²) in [5, 5.41) is 5.24. The van der Waals surface area contributed by atoms with Crippen LogP contribution < -0.4 is 10.6 Å². The Kier molecular flexibility index (Phi) is 6.82. The number of nitrogens with one attached hydrogen (secondary N) is 2. The molecule has 0 saturated heterocycles. The molecule has 2 N–H and O–H groups in total. The minimum Gasteiger partial charge on any atom is -0.357 e. The fourth-order valence-corrected chi connectivity index (χ4v) is 2.77. The molecule has 27 heavy (non-hydrogen) atoms. The van der Waals surface area contributed by atoms with Gasteiger partial charge < -0.3 is 10.6 Å². The molecule has 0 heterocycles. The zero-order valence-corrected chi connectivity index (χ0v) is 15.6. The Balaban J connectivity index is 2.32. The van der Waals surface area contributed by atoms with Crippen LogP contribution in [-0.4, -0.2) is 30.7 Å². The van der Waals surface area contributed by atoms with Crippen molar-refractivity contribution >= 4 is 17.6 Å². The minimum atomic E-state index is -0.631. The molecule has 2 amide bonds. The number of carbonyl (C=O) groups is 3. The van der Waals surface area contributed by atoms with Gasteiger partial charge in [-0.05, 0) is 49.2 Å². The molecule has 0 fully saturated rings. The lowest BCUT2D eigenvalue weighted by Gasteiger charge is -2.17. The van der Waals surface area contributed by atoms with Gasteiger partial charge in [-0.25, -0.2) is 4.39 Å². The molecule has 6 heteroatoms. The number of halogens is 1. The Morgan fingerprint density at radius 1 is 1.07 bits per heavy atom. The molecule has 0 aliphatic heterocycles. The van der Waals surface area contributed by atoms with Gasteiger partial charge in [0.15, 0.2) is 5.78 Å². The van der Waals surface area contributed by atoms with E-state index in [-0.39, 0.29) is 17.3 Å². The number of hydrogen-bond donors (Lipinski definition) is 2. The van der Waals surface area contributed by atoms with Gasteiger partial charge in [0.05, 0.1) is 0 Å². The van der Waals surface area contributed by atoms with Gasteiger partial charge >= 0.3 is 0 Å². The number of benzene rings is 2. The first-order valence-electron chi connectivity index (χ1n) is 8.80. The van der Waals surface area contributed by atoms with Crippen molar-refractivity contribution in [2.24, 2.45) is 0 Å². The predicted octanol–water partition coefficient (Wildman–Crippen LogP) is 3.34. The van der Waals surface area contributed by atoms with Gasteiger partial charge in [0.25, 0.3) is 5.91 Å². The van der Waals surface area contributed by atoms with Crippen LogP contribution >= 0.6 is 0 Å². The summed E-state index contributed by atoms with van der Waals surface area (Å²) in [5.41, 5.74) is 1.43. The first-order chi connectivity index (χ1) is 12.9. The van der Waals surface area contributed by atoms with Crippen LogP contribution in [-0.2, 0) is 4.79 Å². The molecule has 0 spiro atoms. The zero-order chi connectivity index (χ0) is 20.0. The van der Waals surface area contributed by atoms with E-state index in [1.807, 2.05) is 6.92 Å². The summed E-state index contributed by atoms with van der Waals surface area (Å²) in [4.78, 5) is 36.0. The third kappa shape index (κ3) is 5.00. The van der Waals surface area contributed by atoms with Gasteiger partial charge in [0.2, 0.25) is 5.91 Å². The molecule has 2 rings (SSSR count). The van der Waals surface area contributed by atoms with E-state index in [0.29, 0.717) is 23.1 Å². The van der Waals surface area contributed by atoms with Gasteiger partial charge in [-0.2, -0.15) is 0 Å². The maximum atomic E-state index is 14.2. The van der Waals surface area contributed by atoms with E-state index >= 15 is 0 Å². The molecule has 142 valence electrons. The van der Waals surface area contributed by atoms with Crippen molar-refractivity contribution < 1.29 is 18.8 Å². The van der Waals surface area contributed by atoms with Gasteiger partial charge in [-0.15, -0.1) is 0 Å². The zero-order valence-electron chi connectivity index (χ0n) is 15.6. The van der Waals surface area contributed by atoms with Crippen molar-refractivity contribution in [2.45, 2.75) is 32.7 Å². The third-order valence-electron chi connectivity index (χ3n) is 4.25. The van der Waals surface area contributed by atoms with Crippen molar-refractivity contribution in [3.05, 3.63) is 59.4 Å². The Bertz CT molecular complexity index is 864. The van der Waals surface area contributed by atoms with Crippen molar-refractivity contribution in [1.29, 1.82) is 0 Å². The van der Waals surface area contributed by atoms with E-state index < -0.39 is 17.8 Å². The molecule has 0 aliphatic carbocycles. The molecule has 0 saturated carbocycles. The quantitative estimate of drug-likeness (QED) is 0.734. The Hall–Kier alpha value is -3.02. The van der Waals surface area contributed by atoms with Gasteiger partial charge in [0.1, 0.15) is 11.9 Å². The number of likely N-dealkylation sites (N-methyl/N-ethyl adjacent to an activating group) is 1. The lowest BCUT2D eigenvalue weighted by molar-refractivity contribution is -0.122. The highest BCUT2D eigenvalue weighted by Crippen LogP contribution is 2.25. The minimum absolute atomic E-state index is 0.168. The van der Waals surface area contributed by atoms with Gasteiger partial charge in [-0.1, -0.05) is 25.5 Å². The van der Waals surface area contributed by atoms with Gasteiger partial charge in [0, 0.05) is 23.7 Å². The standard InChI is InChI=1S/C21H23FN2O3/c1-4-6-19(21(27)23-3)24-20(26)16-8-5-7-15(11-16)17-12-14(13(2)25)9-10-18(17)22/h5,7-12,19H,4,6H2,1-3H3,(H,23,27)(H,24,26). The van der Waals surface area contributed by atoms with E-state index in [0.717, 1.165) is 6.42 Å². The average Bonchev–Trinajstić information content (AvgIpc) is 2.67. The van der Waals surface area contributed by atoms with Crippen LogP contribution in [0.25, 0.3) is 11.1 Å². The van der Waals surface area contributed by atoms with Crippen molar-refractivity contribution in [3.63, 3.8) is 0 Å². The average molecular weight is 370 g/mol. The lowest BCUT2D eigenvalue weighted by atomic mass is 9.99. The number of amides is 2. The Morgan fingerprint density at radius 3 is 2.44 bits per heavy atom. The second-order valence-corrected chi connectivity index (χ2v) is 6.26. The smallest absolute Gasteiger partial charge is 0.251 e. The molecule has 0 radical (unpaired) electrons. The summed E-state index contributed by atoms with van der Waals surface area (Å²) < 4.78 is 14.2. The highest BCUT2D eigenvalue weighted by molar-refractivity contribution is 5.99. The first kappa shape index (κ1) is 20.3. The van der Waals surface area contributed by atoms with E-state index in [2.05, 4.69) is 10.6 Å². The summed E-state index contributed by atoms with van der Waals surface area (Å²) in [7, 11) is 1.52. The molecule has 0 aromatic heterocycles. The van der Waals surface area contributed by atoms with Crippen LogP contribution in [0.4, 0.5) is 4.39 Å². The van der Waals surface area contributed by atoms with Crippen LogP contribution in [0.1, 0.15) is 47.4 Å². The number of ketones is 1. The summed E-state index contributed by atoms with van der Waals surface area (Å²) in [5.74, 6) is -1.33. The number of carbonyl (C=O) groups excluding carboxylic acids is 3. The van der Waals surface area contributed by atoms with E-state index in [1.165, 1.54) is 32.2 Å². The van der Waals surface area contributed by atoms with E-state index in [9.17, 15) is 18.8 Å². The second-order valence-electron chi connectivity index (χ2n) is 6.26. The van der Waals surface area contributed by atoms with Crippen LogP contribution in [0.3, 0.4) is 0 Å². The highest BCUT2D eigenvalue weighted by Gasteiger charge is 2.20. The topological polar surface area (TPSA) is 75.3 Å². The predicted molar refractivity (Wildman–Crippen MR) is 102 cm³/mol. The number of hydrogen-bond acceptors (Lipinski definition) is 3. The molecule has 1 atom stereocenters. The summed E-state index contributed by atoms with van der Waals surface area (Å²) in [6.45, 7) is 3.33. The maximum absolute atomic E-state index is 14.2. The normalized spacial score (nSPS) is 11.6. The Labute approximate surface area is 158 Å². The van der Waals surface area contributed by atoms with Crippen molar-refractivity contribution in [3.8, 4) is 11.1 Å². The molecule has 2 aromatic carbocycles. The molecule has 2 aromatic rings. The van der Waals surface area contributed by atoms with Crippen LogP contribution in [0.5, 0.6) is 0 Å². The van der Waals surface area contributed by atoms with Crippen LogP contribution in [0.15, 0.2) is 42.5 Å². The second kappa shape index (κ2) is 9.07. The number of Topliss-reactive ketones (excluding diaryl/α,β-unsaturated/α-hetero) is 1. The molecule has 0 bridgehead atoms. The summed E-state index contributed by atoms with van der Waals surface area (Å²) >= 11 is 0. The van der Waals surface area contributed by atoms with Crippen LogP contribution in [0.2, 0.25) is 0 Å².